The molecule has 0 aliphatic rings. The van der Waals surface area contributed by atoms with Gasteiger partial charge in [0.25, 0.3) is 0 Å². The fourth-order valence-corrected chi connectivity index (χ4v) is 1.29. The predicted molar refractivity (Wildman–Crippen MR) is 47.8 cm³/mol. The molecule has 0 fully saturated rings. The summed E-state index contributed by atoms with van der Waals surface area (Å²) in [7, 11) is 0. The van der Waals surface area contributed by atoms with Crippen LogP contribution in [0.5, 0.6) is 0 Å². The van der Waals surface area contributed by atoms with Crippen LogP contribution in [0.2, 0.25) is 0 Å². The van der Waals surface area contributed by atoms with Gasteiger partial charge in [-0.05, 0) is 12.1 Å². The van der Waals surface area contributed by atoms with E-state index in [1.165, 1.54) is 0 Å². The Morgan fingerprint density at radius 1 is 1.06 bits per heavy atom. The van der Waals surface area contributed by atoms with Crippen LogP contribution in [-0.4, -0.2) is 11.1 Å². The normalized spacial score (nSPS) is 12.6. The van der Waals surface area contributed by atoms with Crippen molar-refractivity contribution in [3.05, 3.63) is 28.8 Å². The van der Waals surface area contributed by atoms with E-state index in [0.29, 0.717) is 0 Å². The van der Waals surface area contributed by atoms with E-state index < -0.39 is 40.7 Å². The Kier molecular flexibility index (Phi) is 3.20. The third-order valence-corrected chi connectivity index (χ3v) is 2.02. The number of benzene rings is 1. The van der Waals surface area contributed by atoms with Gasteiger partial charge in [-0.2, -0.15) is 26.3 Å². The number of hydrogen-bond acceptors (Lipinski definition) is 2. The highest BCUT2D eigenvalue weighted by Crippen LogP contribution is 2.39. The van der Waals surface area contributed by atoms with E-state index in [9.17, 15) is 31.1 Å². The molecule has 9 heteroatoms. The highest BCUT2D eigenvalue weighted by atomic mass is 19.4. The summed E-state index contributed by atoms with van der Waals surface area (Å²) < 4.78 is 74.3. The van der Waals surface area contributed by atoms with Crippen molar-refractivity contribution < 1.29 is 36.2 Å². The molecule has 0 spiro atoms. The molecule has 0 aliphatic heterocycles. The maximum Gasteiger partial charge on any atom is 0.417 e. The van der Waals surface area contributed by atoms with Crippen molar-refractivity contribution in [3.8, 4) is 0 Å². The molecule has 0 amide bonds. The van der Waals surface area contributed by atoms with Crippen molar-refractivity contribution in [2.45, 2.75) is 12.4 Å². The lowest BCUT2D eigenvalue weighted by molar-refractivity contribution is -0.143. The minimum absolute atomic E-state index is 0.151. The zero-order valence-electron chi connectivity index (χ0n) is 8.36. The van der Waals surface area contributed by atoms with Gasteiger partial charge >= 0.3 is 18.3 Å². The Bertz CT molecular complexity index is 491. The molecule has 0 radical (unpaired) electrons. The van der Waals surface area contributed by atoms with Gasteiger partial charge in [-0.3, -0.25) is 0 Å². The van der Waals surface area contributed by atoms with E-state index in [1.807, 2.05) is 0 Å². The second-order valence-electron chi connectivity index (χ2n) is 3.29. The molecule has 18 heavy (non-hydrogen) atoms. The van der Waals surface area contributed by atoms with Crippen molar-refractivity contribution in [3.63, 3.8) is 0 Å². The number of alkyl halides is 6. The summed E-state index contributed by atoms with van der Waals surface area (Å²) in [5.74, 6) is -2.05. The maximum atomic E-state index is 12.5. The van der Waals surface area contributed by atoms with Crippen molar-refractivity contribution in [2.24, 2.45) is 0 Å². The number of hydrogen-bond donors (Lipinski definition) is 2. The van der Waals surface area contributed by atoms with Gasteiger partial charge in [0.15, 0.2) is 0 Å². The first-order valence-corrected chi connectivity index (χ1v) is 4.26. The molecule has 3 nitrogen and oxygen atoms in total. The molecule has 0 unspecified atom stereocenters. The monoisotopic (exact) mass is 273 g/mol. The van der Waals surface area contributed by atoms with Gasteiger partial charge in [-0.15, -0.1) is 0 Å². The molecule has 0 aliphatic carbocycles. The maximum absolute atomic E-state index is 12.5. The number of nitrogens with two attached hydrogens (primary N) is 1. The van der Waals surface area contributed by atoms with Crippen molar-refractivity contribution in [2.75, 3.05) is 5.73 Å². The lowest BCUT2D eigenvalue weighted by Crippen LogP contribution is -2.18. The largest absolute Gasteiger partial charge is 0.478 e. The first-order valence-electron chi connectivity index (χ1n) is 4.26. The number of carboxylic acids is 1. The molecule has 0 saturated heterocycles. The van der Waals surface area contributed by atoms with Gasteiger partial charge in [0, 0.05) is 5.69 Å². The standard InChI is InChI=1S/C9H5F6NO2/c10-8(11,12)3-1-4(9(13,14)15)6(7(17)18)5(16)2-3/h1-2H,16H2,(H,17,18). The number of anilines is 1. The molecule has 1 aromatic rings. The van der Waals surface area contributed by atoms with Crippen LogP contribution in [0.3, 0.4) is 0 Å². The van der Waals surface area contributed by atoms with Crippen LogP contribution in [0.15, 0.2) is 12.1 Å². The molecule has 0 atom stereocenters. The summed E-state index contributed by atoms with van der Waals surface area (Å²) in [4.78, 5) is 10.6. The van der Waals surface area contributed by atoms with Crippen molar-refractivity contribution in [1.82, 2.24) is 0 Å². The van der Waals surface area contributed by atoms with E-state index in [0.717, 1.165) is 0 Å². The highest BCUT2D eigenvalue weighted by Gasteiger charge is 2.40. The molecule has 1 aromatic carbocycles. The van der Waals surface area contributed by atoms with Crippen LogP contribution in [0.25, 0.3) is 0 Å². The third kappa shape index (κ3) is 2.66. The molecular formula is C9H5F6NO2. The number of carboxylic acid groups (broad SMARTS) is 1. The molecule has 0 aromatic heterocycles. The molecule has 0 bridgehead atoms. The number of nitrogen functional groups attached to an aromatic ring is 1. The second kappa shape index (κ2) is 4.07. The minimum atomic E-state index is -5.25. The van der Waals surface area contributed by atoms with E-state index in [-0.39, 0.29) is 12.1 Å². The second-order valence-corrected chi connectivity index (χ2v) is 3.29. The summed E-state index contributed by atoms with van der Waals surface area (Å²) in [6.45, 7) is 0. The number of halogens is 6. The minimum Gasteiger partial charge on any atom is -0.478 e. The lowest BCUT2D eigenvalue weighted by atomic mass is 10.0. The fraction of sp³-hybridized carbons (Fsp3) is 0.222. The topological polar surface area (TPSA) is 63.3 Å². The van der Waals surface area contributed by atoms with Crippen LogP contribution in [0.4, 0.5) is 32.0 Å². The van der Waals surface area contributed by atoms with Crippen molar-refractivity contribution >= 4 is 11.7 Å². The molecular weight excluding hydrogens is 268 g/mol. The Morgan fingerprint density at radius 2 is 1.56 bits per heavy atom. The number of carbonyl (C=O) groups is 1. The van der Waals surface area contributed by atoms with E-state index >= 15 is 0 Å². The smallest absolute Gasteiger partial charge is 0.417 e. The Morgan fingerprint density at radius 3 is 1.89 bits per heavy atom. The van der Waals surface area contributed by atoms with Gasteiger partial charge in [-0.25, -0.2) is 4.79 Å². The molecule has 0 saturated carbocycles. The van der Waals surface area contributed by atoms with E-state index in [4.69, 9.17) is 10.8 Å². The summed E-state index contributed by atoms with van der Waals surface area (Å²) in [5.41, 5.74) is -1.13. The lowest BCUT2D eigenvalue weighted by Gasteiger charge is -2.15. The van der Waals surface area contributed by atoms with Crippen LogP contribution < -0.4 is 5.73 Å². The number of rotatable bonds is 1. The Hall–Kier alpha value is -1.93. The predicted octanol–water partition coefficient (Wildman–Crippen LogP) is 3.00. The molecule has 0 heterocycles. The third-order valence-electron chi connectivity index (χ3n) is 2.02. The SMILES string of the molecule is Nc1cc(C(F)(F)F)cc(C(F)(F)F)c1C(=O)O. The van der Waals surface area contributed by atoms with Gasteiger partial charge in [0.05, 0.1) is 16.7 Å². The number of aromatic carboxylic acids is 1. The molecule has 1 rings (SSSR count). The summed E-state index contributed by atoms with van der Waals surface area (Å²) in [5, 5.41) is 8.54. The zero-order chi connectivity index (χ0) is 14.3. The van der Waals surface area contributed by atoms with E-state index in [2.05, 4.69) is 0 Å². The average Bonchev–Trinajstić information content (AvgIpc) is 2.12. The van der Waals surface area contributed by atoms with Gasteiger partial charge in [0.2, 0.25) is 0 Å². The van der Waals surface area contributed by atoms with E-state index in [1.54, 1.807) is 0 Å². The Labute approximate surface area is 95.8 Å². The van der Waals surface area contributed by atoms with Crippen LogP contribution >= 0.6 is 0 Å². The molecule has 100 valence electrons. The summed E-state index contributed by atoms with van der Waals surface area (Å²) in [6.07, 6.45) is -10.3. The highest BCUT2D eigenvalue weighted by molar-refractivity contribution is 5.95. The quantitative estimate of drug-likeness (QED) is 0.610. The van der Waals surface area contributed by atoms with Gasteiger partial charge < -0.3 is 10.8 Å². The summed E-state index contributed by atoms with van der Waals surface area (Å²) in [6, 6.07) is -0.126. The molecule has 3 N–H and O–H groups in total. The zero-order valence-corrected chi connectivity index (χ0v) is 8.36. The van der Waals surface area contributed by atoms with Crippen LogP contribution in [-0.2, 0) is 12.4 Å². The van der Waals surface area contributed by atoms with Crippen LogP contribution in [0.1, 0.15) is 21.5 Å². The van der Waals surface area contributed by atoms with Crippen molar-refractivity contribution in [1.29, 1.82) is 0 Å². The summed E-state index contributed by atoms with van der Waals surface area (Å²) >= 11 is 0. The van der Waals surface area contributed by atoms with Gasteiger partial charge in [0.1, 0.15) is 0 Å². The fourth-order valence-electron chi connectivity index (χ4n) is 1.29. The Balaban J connectivity index is 3.64. The first-order chi connectivity index (χ1) is 7.94. The van der Waals surface area contributed by atoms with Crippen LogP contribution in [0, 0.1) is 0 Å². The first kappa shape index (κ1) is 14.1. The average molecular weight is 273 g/mol. The van der Waals surface area contributed by atoms with Gasteiger partial charge in [-0.1, -0.05) is 0 Å².